The Morgan fingerprint density at radius 3 is 2.23 bits per heavy atom. The van der Waals surface area contributed by atoms with Gasteiger partial charge in [-0.05, 0) is 32.3 Å². The van der Waals surface area contributed by atoms with E-state index >= 15 is 0 Å². The fourth-order valence-electron chi connectivity index (χ4n) is 3.92. The third-order valence-corrected chi connectivity index (χ3v) is 5.87. The van der Waals surface area contributed by atoms with Crippen LogP contribution < -0.4 is 0 Å². The summed E-state index contributed by atoms with van der Waals surface area (Å²) in [5.74, 6) is 0.249. The van der Waals surface area contributed by atoms with E-state index in [-0.39, 0.29) is 23.7 Å². The van der Waals surface area contributed by atoms with Crippen LogP contribution in [0.5, 0.6) is 0 Å². The van der Waals surface area contributed by atoms with Gasteiger partial charge in [-0.3, -0.25) is 9.59 Å². The minimum absolute atomic E-state index is 0.0644. The van der Waals surface area contributed by atoms with Crippen molar-refractivity contribution in [2.75, 3.05) is 25.5 Å². The zero-order chi connectivity index (χ0) is 22.1. The Hall–Kier alpha value is -2.07. The van der Waals surface area contributed by atoms with Crippen molar-refractivity contribution >= 4 is 23.4 Å². The molecule has 0 aliphatic carbocycles. The molecule has 1 aromatic rings. The van der Waals surface area contributed by atoms with E-state index in [0.29, 0.717) is 19.0 Å². The Morgan fingerprint density at radius 1 is 1.03 bits per heavy atom. The normalized spacial score (nSPS) is 17.0. The molecule has 0 aromatic heterocycles. The molecule has 2 rings (SSSR count). The van der Waals surface area contributed by atoms with Crippen molar-refractivity contribution in [2.24, 2.45) is 11.8 Å². The summed E-state index contributed by atoms with van der Waals surface area (Å²) in [5.41, 5.74) is 3.11. The third-order valence-electron chi connectivity index (χ3n) is 5.44. The van der Waals surface area contributed by atoms with Crippen LogP contribution in [-0.4, -0.2) is 47.1 Å². The number of alkyl halides is 1. The molecule has 4 nitrogen and oxygen atoms in total. The van der Waals surface area contributed by atoms with Gasteiger partial charge in [0.2, 0.25) is 11.8 Å². The summed E-state index contributed by atoms with van der Waals surface area (Å²) in [6.07, 6.45) is 6.13. The standard InChI is InChI=1S/C25H35ClN2O2/c1-19(16-26)14-21(3)25(30)28(18-23-10-6-5-7-11-23)17-20(2)15-22(4)24(29)27-12-8-9-13-27/h5-7,10-11,14-15,21-22H,8-9,12-13,16-18H2,1-4H3/b19-14+,20-15+/t21-,22+/m0/s1. The van der Waals surface area contributed by atoms with Gasteiger partial charge in [0.05, 0.1) is 11.8 Å². The molecule has 1 saturated heterocycles. The predicted molar refractivity (Wildman–Crippen MR) is 124 cm³/mol. The summed E-state index contributed by atoms with van der Waals surface area (Å²) in [4.78, 5) is 29.7. The number of carbonyl (C=O) groups excluding carboxylic acids is 2. The molecule has 164 valence electrons. The van der Waals surface area contributed by atoms with Crippen LogP contribution in [0.2, 0.25) is 0 Å². The number of allylic oxidation sites excluding steroid dienone is 1. The first kappa shape index (κ1) is 24.2. The third kappa shape index (κ3) is 7.32. The molecular weight excluding hydrogens is 396 g/mol. The smallest absolute Gasteiger partial charge is 0.229 e. The summed E-state index contributed by atoms with van der Waals surface area (Å²) in [6.45, 7) is 10.6. The van der Waals surface area contributed by atoms with Crippen molar-refractivity contribution in [3.8, 4) is 0 Å². The first-order valence-corrected chi connectivity index (χ1v) is 11.4. The van der Waals surface area contributed by atoms with E-state index in [1.807, 2.05) is 80.0 Å². The molecule has 0 N–H and O–H groups in total. The molecule has 2 atom stereocenters. The zero-order valence-electron chi connectivity index (χ0n) is 18.7. The summed E-state index contributed by atoms with van der Waals surface area (Å²) >= 11 is 5.90. The number of nitrogens with zero attached hydrogens (tertiary/aromatic N) is 2. The Bertz CT molecular complexity index is 767. The number of halogens is 1. The van der Waals surface area contributed by atoms with Gasteiger partial charge in [0.1, 0.15) is 0 Å². The van der Waals surface area contributed by atoms with E-state index in [9.17, 15) is 9.59 Å². The van der Waals surface area contributed by atoms with Crippen molar-refractivity contribution in [2.45, 2.75) is 47.1 Å². The van der Waals surface area contributed by atoms with Gasteiger partial charge in [0.25, 0.3) is 0 Å². The second kappa shape index (κ2) is 11.9. The number of hydrogen-bond acceptors (Lipinski definition) is 2. The van der Waals surface area contributed by atoms with Gasteiger partial charge in [0, 0.05) is 32.1 Å². The van der Waals surface area contributed by atoms with Gasteiger partial charge in [-0.25, -0.2) is 0 Å². The van der Waals surface area contributed by atoms with E-state index in [4.69, 9.17) is 11.6 Å². The summed E-state index contributed by atoms with van der Waals surface area (Å²) < 4.78 is 0. The van der Waals surface area contributed by atoms with Crippen LogP contribution in [0.3, 0.4) is 0 Å². The lowest BCUT2D eigenvalue weighted by atomic mass is 10.0. The van der Waals surface area contributed by atoms with Crippen molar-refractivity contribution in [3.63, 3.8) is 0 Å². The van der Waals surface area contributed by atoms with E-state index in [1.165, 1.54) is 0 Å². The van der Waals surface area contributed by atoms with Gasteiger partial charge in [-0.15, -0.1) is 11.6 Å². The minimum Gasteiger partial charge on any atom is -0.342 e. The number of amides is 2. The molecule has 0 radical (unpaired) electrons. The largest absolute Gasteiger partial charge is 0.342 e. The van der Waals surface area contributed by atoms with Gasteiger partial charge in [-0.1, -0.05) is 67.5 Å². The molecule has 0 bridgehead atoms. The second-order valence-corrected chi connectivity index (χ2v) is 8.72. The lowest BCUT2D eigenvalue weighted by Crippen LogP contribution is -2.36. The van der Waals surface area contributed by atoms with E-state index < -0.39 is 0 Å². The van der Waals surface area contributed by atoms with Gasteiger partial charge >= 0.3 is 0 Å². The highest BCUT2D eigenvalue weighted by molar-refractivity contribution is 6.19. The van der Waals surface area contributed by atoms with Crippen LogP contribution in [0.1, 0.15) is 46.1 Å². The maximum atomic E-state index is 13.2. The first-order chi connectivity index (χ1) is 14.3. The number of rotatable bonds is 9. The molecule has 0 saturated carbocycles. The van der Waals surface area contributed by atoms with Crippen molar-refractivity contribution in [3.05, 3.63) is 59.2 Å². The Kier molecular flexibility index (Phi) is 9.64. The molecule has 0 spiro atoms. The highest BCUT2D eigenvalue weighted by atomic mass is 35.5. The van der Waals surface area contributed by atoms with Crippen LogP contribution in [0.15, 0.2) is 53.6 Å². The Morgan fingerprint density at radius 2 is 1.63 bits per heavy atom. The first-order valence-electron chi connectivity index (χ1n) is 10.8. The fourth-order valence-corrected chi connectivity index (χ4v) is 4.01. The SMILES string of the molecule is C/C(=C\[C@H](C)C(=O)N(C/C(C)=C/[C@@H](C)C(=O)N1CCCC1)Cc1ccccc1)CCl. The topological polar surface area (TPSA) is 40.6 Å². The number of hydrogen-bond donors (Lipinski definition) is 0. The van der Waals surface area contributed by atoms with Crippen LogP contribution in [0.4, 0.5) is 0 Å². The molecule has 1 aliphatic heterocycles. The molecule has 1 heterocycles. The number of benzene rings is 1. The van der Waals surface area contributed by atoms with Crippen LogP contribution in [0, 0.1) is 11.8 Å². The predicted octanol–water partition coefficient (Wildman–Crippen LogP) is 5.04. The lowest BCUT2D eigenvalue weighted by Gasteiger charge is -2.26. The lowest BCUT2D eigenvalue weighted by molar-refractivity contribution is -0.133. The summed E-state index contributed by atoms with van der Waals surface area (Å²) in [6, 6.07) is 10.0. The number of carbonyl (C=O) groups is 2. The summed E-state index contributed by atoms with van der Waals surface area (Å²) in [7, 11) is 0. The van der Waals surface area contributed by atoms with Crippen molar-refractivity contribution in [1.29, 1.82) is 0 Å². The summed E-state index contributed by atoms with van der Waals surface area (Å²) in [5, 5.41) is 0. The fraction of sp³-hybridized carbons (Fsp3) is 0.520. The average Bonchev–Trinajstić information content (AvgIpc) is 3.27. The molecule has 30 heavy (non-hydrogen) atoms. The van der Waals surface area contributed by atoms with Crippen LogP contribution >= 0.6 is 11.6 Å². The maximum absolute atomic E-state index is 13.2. The van der Waals surface area contributed by atoms with Gasteiger partial charge < -0.3 is 9.80 Å². The monoisotopic (exact) mass is 430 g/mol. The Labute approximate surface area is 186 Å². The van der Waals surface area contributed by atoms with Crippen LogP contribution in [-0.2, 0) is 16.1 Å². The molecule has 1 fully saturated rings. The highest BCUT2D eigenvalue weighted by Crippen LogP contribution is 2.17. The van der Waals surface area contributed by atoms with Gasteiger partial charge in [0.15, 0.2) is 0 Å². The van der Waals surface area contributed by atoms with E-state index in [0.717, 1.165) is 42.6 Å². The second-order valence-electron chi connectivity index (χ2n) is 8.45. The van der Waals surface area contributed by atoms with E-state index in [2.05, 4.69) is 0 Å². The highest BCUT2D eigenvalue weighted by Gasteiger charge is 2.23. The minimum atomic E-state index is -0.246. The molecule has 5 heteroatoms. The van der Waals surface area contributed by atoms with Gasteiger partial charge in [-0.2, -0.15) is 0 Å². The molecular formula is C25H35ClN2O2. The molecule has 0 unspecified atom stereocenters. The average molecular weight is 431 g/mol. The maximum Gasteiger partial charge on any atom is 0.229 e. The number of likely N-dealkylation sites (tertiary alicyclic amines) is 1. The van der Waals surface area contributed by atoms with Crippen LogP contribution in [0.25, 0.3) is 0 Å². The molecule has 1 aliphatic rings. The van der Waals surface area contributed by atoms with E-state index in [1.54, 1.807) is 0 Å². The Balaban J connectivity index is 2.14. The van der Waals surface area contributed by atoms with Crippen molar-refractivity contribution < 1.29 is 9.59 Å². The van der Waals surface area contributed by atoms with Crippen molar-refractivity contribution in [1.82, 2.24) is 9.80 Å². The molecule has 2 amide bonds. The zero-order valence-corrected chi connectivity index (χ0v) is 19.5. The molecule has 1 aromatic carbocycles. The quantitative estimate of drug-likeness (QED) is 0.406.